The molecule has 1 atom stereocenters. The number of benzene rings is 1. The maximum absolute atomic E-state index is 6.19. The Labute approximate surface area is 110 Å². The van der Waals surface area contributed by atoms with E-state index in [1.807, 2.05) is 18.2 Å². The van der Waals surface area contributed by atoms with Crippen LogP contribution in [0.15, 0.2) is 18.2 Å². The van der Waals surface area contributed by atoms with Gasteiger partial charge in [-0.25, -0.2) is 0 Å². The van der Waals surface area contributed by atoms with E-state index in [4.69, 9.17) is 15.2 Å². The number of rotatable bonds is 3. The van der Waals surface area contributed by atoms with Gasteiger partial charge < -0.3 is 15.2 Å². The molecule has 2 N–H and O–H groups in total. The first-order chi connectivity index (χ1) is 7.40. The van der Waals surface area contributed by atoms with E-state index in [-0.39, 0.29) is 23.9 Å². The van der Waals surface area contributed by atoms with Gasteiger partial charge in [-0.2, -0.15) is 0 Å². The number of halogens is 1. The molecule has 98 valence electrons. The molecule has 4 heteroatoms. The van der Waals surface area contributed by atoms with Crippen LogP contribution < -0.4 is 15.2 Å². The fraction of sp³-hybridized carbons (Fsp3) is 0.538. The first kappa shape index (κ1) is 16.1. The molecule has 0 bridgehead atoms. The lowest BCUT2D eigenvalue weighted by molar-refractivity contribution is 0.322. The van der Waals surface area contributed by atoms with Crippen LogP contribution in [0.2, 0.25) is 0 Å². The molecule has 0 aliphatic rings. The molecule has 3 nitrogen and oxygen atoms in total. The molecule has 0 saturated heterocycles. The molecule has 0 radical (unpaired) electrons. The Balaban J connectivity index is 0.00000256. The Bertz CT molecular complexity index is 361. The number of hydrogen-bond donors (Lipinski definition) is 1. The Morgan fingerprint density at radius 2 is 1.59 bits per heavy atom. The highest BCUT2D eigenvalue weighted by molar-refractivity contribution is 5.85. The van der Waals surface area contributed by atoms with Crippen LogP contribution in [0.5, 0.6) is 11.5 Å². The number of hydrogen-bond acceptors (Lipinski definition) is 3. The van der Waals surface area contributed by atoms with Gasteiger partial charge in [-0.15, -0.1) is 12.4 Å². The number of ether oxygens (including phenoxy) is 2. The van der Waals surface area contributed by atoms with Gasteiger partial charge in [0, 0.05) is 6.04 Å². The summed E-state index contributed by atoms with van der Waals surface area (Å²) in [5, 5.41) is 0. The monoisotopic (exact) mass is 259 g/mol. The van der Waals surface area contributed by atoms with Gasteiger partial charge >= 0.3 is 0 Å². The lowest BCUT2D eigenvalue weighted by atomic mass is 9.83. The third-order valence-corrected chi connectivity index (χ3v) is 2.70. The predicted molar refractivity (Wildman–Crippen MR) is 73.2 cm³/mol. The minimum atomic E-state index is -0.0210. The van der Waals surface area contributed by atoms with Crippen molar-refractivity contribution < 1.29 is 9.47 Å². The standard InChI is InChI=1S/C13H21NO2.ClH/c1-13(2,3)12(14)9-6-7-10(15-4)11(8-9)16-5;/h6-8,12H,14H2,1-5H3;1H/t12-;/m1./s1. The van der Waals surface area contributed by atoms with Gasteiger partial charge in [-0.05, 0) is 23.1 Å². The average Bonchev–Trinajstić information content (AvgIpc) is 2.25. The first-order valence-corrected chi connectivity index (χ1v) is 5.37. The molecule has 0 fully saturated rings. The number of nitrogens with two attached hydrogens (primary N) is 1. The van der Waals surface area contributed by atoms with Crippen molar-refractivity contribution in [1.29, 1.82) is 0 Å². The van der Waals surface area contributed by atoms with Crippen LogP contribution in [0.4, 0.5) is 0 Å². The van der Waals surface area contributed by atoms with E-state index in [1.54, 1.807) is 14.2 Å². The van der Waals surface area contributed by atoms with Crippen molar-refractivity contribution in [1.82, 2.24) is 0 Å². The first-order valence-electron chi connectivity index (χ1n) is 5.37. The topological polar surface area (TPSA) is 44.5 Å². The lowest BCUT2D eigenvalue weighted by Crippen LogP contribution is -2.26. The summed E-state index contributed by atoms with van der Waals surface area (Å²) in [5.74, 6) is 1.45. The van der Waals surface area contributed by atoms with Gasteiger partial charge in [0.05, 0.1) is 14.2 Å². The van der Waals surface area contributed by atoms with Crippen molar-refractivity contribution in [2.45, 2.75) is 26.8 Å². The van der Waals surface area contributed by atoms with Crippen LogP contribution in [-0.2, 0) is 0 Å². The van der Waals surface area contributed by atoms with Crippen molar-refractivity contribution in [3.63, 3.8) is 0 Å². The Morgan fingerprint density at radius 1 is 1.06 bits per heavy atom. The van der Waals surface area contributed by atoms with Crippen molar-refractivity contribution in [2.24, 2.45) is 11.1 Å². The van der Waals surface area contributed by atoms with Crippen LogP contribution in [-0.4, -0.2) is 14.2 Å². The highest BCUT2D eigenvalue weighted by Gasteiger charge is 2.23. The average molecular weight is 260 g/mol. The van der Waals surface area contributed by atoms with Crippen molar-refractivity contribution in [2.75, 3.05) is 14.2 Å². The smallest absolute Gasteiger partial charge is 0.161 e. The third kappa shape index (κ3) is 3.79. The Hall–Kier alpha value is -0.930. The summed E-state index contributed by atoms with van der Waals surface area (Å²) in [6.07, 6.45) is 0. The molecule has 17 heavy (non-hydrogen) atoms. The van der Waals surface area contributed by atoms with Crippen molar-refractivity contribution in [3.05, 3.63) is 23.8 Å². The highest BCUT2D eigenvalue weighted by atomic mass is 35.5. The van der Waals surface area contributed by atoms with Crippen molar-refractivity contribution >= 4 is 12.4 Å². The summed E-state index contributed by atoms with van der Waals surface area (Å²) < 4.78 is 10.4. The van der Waals surface area contributed by atoms with Gasteiger partial charge in [0.15, 0.2) is 11.5 Å². The molecule has 0 aliphatic heterocycles. The highest BCUT2D eigenvalue weighted by Crippen LogP contribution is 2.35. The van der Waals surface area contributed by atoms with Gasteiger partial charge in [-0.3, -0.25) is 0 Å². The molecule has 0 aromatic heterocycles. The summed E-state index contributed by atoms with van der Waals surface area (Å²) in [6.45, 7) is 6.36. The second-order valence-electron chi connectivity index (χ2n) is 4.96. The Morgan fingerprint density at radius 3 is 2.00 bits per heavy atom. The fourth-order valence-corrected chi connectivity index (χ4v) is 1.55. The van der Waals surface area contributed by atoms with Gasteiger partial charge in [0.1, 0.15) is 0 Å². The van der Waals surface area contributed by atoms with E-state index in [1.165, 1.54) is 0 Å². The molecule has 0 amide bonds. The van der Waals surface area contributed by atoms with Gasteiger partial charge in [0.2, 0.25) is 0 Å². The van der Waals surface area contributed by atoms with E-state index in [0.717, 1.165) is 17.1 Å². The molecule has 0 unspecified atom stereocenters. The van der Waals surface area contributed by atoms with E-state index < -0.39 is 0 Å². The minimum absolute atomic E-state index is 0. The zero-order valence-electron chi connectivity index (χ0n) is 11.1. The summed E-state index contributed by atoms with van der Waals surface area (Å²) in [5.41, 5.74) is 7.28. The molecule has 0 aliphatic carbocycles. The van der Waals surface area contributed by atoms with Crippen LogP contribution in [0.3, 0.4) is 0 Å². The summed E-state index contributed by atoms with van der Waals surface area (Å²) in [6, 6.07) is 5.79. The third-order valence-electron chi connectivity index (χ3n) is 2.70. The normalized spacial score (nSPS) is 12.6. The lowest BCUT2D eigenvalue weighted by Gasteiger charge is -2.27. The largest absolute Gasteiger partial charge is 0.493 e. The second-order valence-corrected chi connectivity index (χ2v) is 4.96. The molecular formula is C13H22ClNO2. The molecular weight excluding hydrogens is 238 g/mol. The van der Waals surface area contributed by atoms with E-state index in [9.17, 15) is 0 Å². The fourth-order valence-electron chi connectivity index (χ4n) is 1.55. The molecule has 1 aromatic rings. The maximum Gasteiger partial charge on any atom is 0.161 e. The van der Waals surface area contributed by atoms with E-state index in [2.05, 4.69) is 20.8 Å². The van der Waals surface area contributed by atoms with Crippen LogP contribution >= 0.6 is 12.4 Å². The number of methoxy groups -OCH3 is 2. The SMILES string of the molecule is COc1ccc([C@@H](N)C(C)(C)C)cc1OC.Cl. The van der Waals surface area contributed by atoms with E-state index >= 15 is 0 Å². The quantitative estimate of drug-likeness (QED) is 0.907. The van der Waals surface area contributed by atoms with Crippen LogP contribution in [0, 0.1) is 5.41 Å². The second kappa shape index (κ2) is 6.12. The van der Waals surface area contributed by atoms with Crippen LogP contribution in [0.1, 0.15) is 32.4 Å². The van der Waals surface area contributed by atoms with Crippen molar-refractivity contribution in [3.8, 4) is 11.5 Å². The van der Waals surface area contributed by atoms with E-state index in [0.29, 0.717) is 0 Å². The molecule has 0 spiro atoms. The zero-order chi connectivity index (χ0) is 12.3. The minimum Gasteiger partial charge on any atom is -0.493 e. The molecule has 0 heterocycles. The molecule has 1 aromatic carbocycles. The summed E-state index contributed by atoms with van der Waals surface area (Å²) >= 11 is 0. The van der Waals surface area contributed by atoms with Crippen LogP contribution in [0.25, 0.3) is 0 Å². The predicted octanol–water partition coefficient (Wildman–Crippen LogP) is 3.17. The maximum atomic E-state index is 6.19. The van der Waals surface area contributed by atoms with Gasteiger partial charge in [-0.1, -0.05) is 26.8 Å². The van der Waals surface area contributed by atoms with Gasteiger partial charge in [0.25, 0.3) is 0 Å². The summed E-state index contributed by atoms with van der Waals surface area (Å²) in [7, 11) is 3.26. The summed E-state index contributed by atoms with van der Waals surface area (Å²) in [4.78, 5) is 0. The molecule has 1 rings (SSSR count). The Kier molecular flexibility index (Phi) is 5.79. The zero-order valence-corrected chi connectivity index (χ0v) is 11.9. The molecule has 0 saturated carbocycles.